The second-order valence-electron chi connectivity index (χ2n) is 8.16. The van der Waals surface area contributed by atoms with Crippen molar-refractivity contribution in [1.82, 2.24) is 0 Å². The Morgan fingerprint density at radius 1 is 0.710 bits per heavy atom. The standard InChI is InChI=1S/C24H27O6P/c1-13-7-15(3)21(16(4)8-13)23(28)31(30,12-19(25)11-20(26)27)24(29)22-17(5)9-14(2)10-18(22)6/h7-10H,11-12H2,1-6H3,(H,26,27). The predicted octanol–water partition coefficient (Wildman–Crippen LogP) is 4.92. The first-order valence-electron chi connectivity index (χ1n) is 9.86. The molecule has 1 N–H and O–H groups in total. The topological polar surface area (TPSA) is 106 Å². The molecule has 31 heavy (non-hydrogen) atoms. The van der Waals surface area contributed by atoms with Crippen LogP contribution >= 0.6 is 7.14 Å². The summed E-state index contributed by atoms with van der Waals surface area (Å²) in [5.74, 6) is -2.32. The minimum atomic E-state index is -4.49. The van der Waals surface area contributed by atoms with Crippen molar-refractivity contribution in [1.29, 1.82) is 0 Å². The average molecular weight is 442 g/mol. The van der Waals surface area contributed by atoms with Crippen LogP contribution in [0, 0.1) is 41.5 Å². The van der Waals surface area contributed by atoms with Gasteiger partial charge in [0.25, 0.3) is 0 Å². The molecule has 0 spiro atoms. The van der Waals surface area contributed by atoms with Crippen LogP contribution in [0.4, 0.5) is 0 Å². The monoisotopic (exact) mass is 442 g/mol. The summed E-state index contributed by atoms with van der Waals surface area (Å²) in [6.45, 7) is 10.4. The van der Waals surface area contributed by atoms with Crippen LogP contribution in [0.1, 0.15) is 60.5 Å². The number of benzene rings is 2. The first kappa shape index (κ1) is 24.4. The van der Waals surface area contributed by atoms with E-state index in [9.17, 15) is 23.7 Å². The Morgan fingerprint density at radius 2 is 1.03 bits per heavy atom. The van der Waals surface area contributed by atoms with Crippen molar-refractivity contribution >= 4 is 29.9 Å². The molecule has 0 aromatic heterocycles. The Balaban J connectivity index is 2.72. The number of carboxylic acid groups (broad SMARTS) is 1. The number of aliphatic carboxylic acids is 1. The summed E-state index contributed by atoms with van der Waals surface area (Å²) in [6, 6.07) is 6.99. The van der Waals surface area contributed by atoms with Gasteiger partial charge < -0.3 is 9.67 Å². The van der Waals surface area contributed by atoms with Gasteiger partial charge in [0.05, 0.1) is 6.16 Å². The maximum Gasteiger partial charge on any atom is 0.310 e. The molecule has 6 nitrogen and oxygen atoms in total. The van der Waals surface area contributed by atoms with Crippen LogP contribution in [0.2, 0.25) is 0 Å². The van der Waals surface area contributed by atoms with E-state index in [0.29, 0.717) is 22.3 Å². The zero-order valence-electron chi connectivity index (χ0n) is 18.7. The normalized spacial score (nSPS) is 11.3. The molecule has 0 atom stereocenters. The van der Waals surface area contributed by atoms with Crippen molar-refractivity contribution in [3.05, 3.63) is 68.8 Å². The Hall–Kier alpha value is -2.85. The summed E-state index contributed by atoms with van der Waals surface area (Å²) < 4.78 is 14.1. The lowest BCUT2D eigenvalue weighted by atomic mass is 10.0. The van der Waals surface area contributed by atoms with Gasteiger partial charge in [-0.15, -0.1) is 0 Å². The van der Waals surface area contributed by atoms with Crippen LogP contribution in [0.25, 0.3) is 0 Å². The third-order valence-corrected chi connectivity index (χ3v) is 7.74. The number of ketones is 1. The second kappa shape index (κ2) is 9.11. The lowest BCUT2D eigenvalue weighted by Gasteiger charge is -2.20. The lowest BCUT2D eigenvalue weighted by Crippen LogP contribution is -2.22. The largest absolute Gasteiger partial charge is 0.481 e. The van der Waals surface area contributed by atoms with E-state index in [0.717, 1.165) is 11.1 Å². The molecule has 0 saturated heterocycles. The molecule has 164 valence electrons. The first-order chi connectivity index (χ1) is 14.3. The third-order valence-electron chi connectivity index (χ3n) is 5.19. The molecule has 0 radical (unpaired) electrons. The smallest absolute Gasteiger partial charge is 0.310 e. The fourth-order valence-electron chi connectivity index (χ4n) is 4.10. The number of carboxylic acids is 1. The number of carbonyl (C=O) groups excluding carboxylic acids is 3. The van der Waals surface area contributed by atoms with Gasteiger partial charge in [-0.25, -0.2) is 0 Å². The summed E-state index contributed by atoms with van der Waals surface area (Å²) >= 11 is 0. The summed E-state index contributed by atoms with van der Waals surface area (Å²) in [5, 5.41) is 8.95. The highest BCUT2D eigenvalue weighted by Crippen LogP contribution is 2.53. The Morgan fingerprint density at radius 3 is 1.32 bits per heavy atom. The fraction of sp³-hybridized carbons (Fsp3) is 0.333. The molecule has 2 aromatic carbocycles. The van der Waals surface area contributed by atoms with Crippen molar-refractivity contribution in [2.45, 2.75) is 48.0 Å². The van der Waals surface area contributed by atoms with Crippen LogP contribution in [0.15, 0.2) is 24.3 Å². The number of aryl methyl sites for hydroxylation is 6. The Labute approximate surface area is 182 Å². The SMILES string of the molecule is Cc1cc(C)c(C(=O)P(=O)(CC(=O)CC(=O)O)C(=O)c2c(C)cc(C)cc2C)c(C)c1. The molecular formula is C24H27O6P. The molecule has 7 heteroatoms. The Kier molecular flexibility index (Phi) is 7.17. The van der Waals surface area contributed by atoms with Gasteiger partial charge in [-0.1, -0.05) is 35.4 Å². The van der Waals surface area contributed by atoms with E-state index in [1.54, 1.807) is 52.0 Å². The predicted molar refractivity (Wildman–Crippen MR) is 120 cm³/mol. The van der Waals surface area contributed by atoms with Gasteiger partial charge in [-0.3, -0.25) is 19.2 Å². The molecule has 0 unspecified atom stereocenters. The van der Waals surface area contributed by atoms with Crippen LogP contribution in [0.3, 0.4) is 0 Å². The number of Topliss-reactive ketones (excluding diaryl/α,β-unsaturated/α-hetero) is 1. The van der Waals surface area contributed by atoms with Crippen LogP contribution < -0.4 is 0 Å². The fourth-order valence-corrected chi connectivity index (χ4v) is 6.61. The third kappa shape index (κ3) is 5.08. The van der Waals surface area contributed by atoms with Gasteiger partial charge in [0.1, 0.15) is 6.42 Å². The number of carbonyl (C=O) groups is 4. The van der Waals surface area contributed by atoms with Gasteiger partial charge in [-0.05, 0) is 63.8 Å². The minimum Gasteiger partial charge on any atom is -0.481 e. The maximum atomic E-state index is 14.1. The number of hydrogen-bond acceptors (Lipinski definition) is 5. The zero-order chi connectivity index (χ0) is 23.7. The summed E-state index contributed by atoms with van der Waals surface area (Å²) in [4.78, 5) is 50.4. The van der Waals surface area contributed by atoms with E-state index in [1.165, 1.54) is 0 Å². The zero-order valence-corrected chi connectivity index (χ0v) is 19.6. The molecule has 2 rings (SSSR count). The lowest BCUT2D eigenvalue weighted by molar-refractivity contribution is -0.139. The highest BCUT2D eigenvalue weighted by atomic mass is 31.2. The highest BCUT2D eigenvalue weighted by molar-refractivity contribution is 7.96. The van der Waals surface area contributed by atoms with E-state index < -0.39 is 42.5 Å². The van der Waals surface area contributed by atoms with Crippen molar-refractivity contribution in [2.24, 2.45) is 0 Å². The quantitative estimate of drug-likeness (QED) is 0.459. The highest BCUT2D eigenvalue weighted by Gasteiger charge is 2.44. The van der Waals surface area contributed by atoms with E-state index in [-0.39, 0.29) is 11.1 Å². The van der Waals surface area contributed by atoms with Crippen molar-refractivity contribution < 1.29 is 28.8 Å². The summed E-state index contributed by atoms with van der Waals surface area (Å²) in [6.07, 6.45) is -1.81. The molecule has 0 aliphatic rings. The number of hydrogen-bond donors (Lipinski definition) is 1. The van der Waals surface area contributed by atoms with Gasteiger partial charge in [0.15, 0.2) is 5.78 Å². The molecular weight excluding hydrogens is 415 g/mol. The van der Waals surface area contributed by atoms with E-state index in [1.807, 2.05) is 13.8 Å². The maximum absolute atomic E-state index is 14.1. The van der Waals surface area contributed by atoms with E-state index in [4.69, 9.17) is 5.11 Å². The molecule has 0 fully saturated rings. The van der Waals surface area contributed by atoms with Crippen LogP contribution in [-0.2, 0) is 14.2 Å². The average Bonchev–Trinajstić information content (AvgIpc) is 2.58. The summed E-state index contributed by atoms with van der Waals surface area (Å²) in [7, 11) is -4.49. The second-order valence-corrected chi connectivity index (χ2v) is 10.8. The summed E-state index contributed by atoms with van der Waals surface area (Å²) in [5.41, 5.74) is 2.52. The molecule has 0 saturated carbocycles. The molecule has 0 aliphatic carbocycles. The molecule has 0 heterocycles. The molecule has 0 bridgehead atoms. The van der Waals surface area contributed by atoms with Gasteiger partial charge in [0, 0.05) is 11.1 Å². The van der Waals surface area contributed by atoms with Crippen molar-refractivity contribution in [3.8, 4) is 0 Å². The van der Waals surface area contributed by atoms with Crippen molar-refractivity contribution in [3.63, 3.8) is 0 Å². The van der Waals surface area contributed by atoms with Crippen LogP contribution in [0.5, 0.6) is 0 Å². The van der Waals surface area contributed by atoms with E-state index >= 15 is 0 Å². The Bertz CT molecular complexity index is 1040. The molecule has 2 aromatic rings. The minimum absolute atomic E-state index is 0.146. The van der Waals surface area contributed by atoms with E-state index in [2.05, 4.69) is 0 Å². The van der Waals surface area contributed by atoms with Gasteiger partial charge in [0.2, 0.25) is 18.2 Å². The van der Waals surface area contributed by atoms with Gasteiger partial charge in [-0.2, -0.15) is 0 Å². The van der Waals surface area contributed by atoms with Crippen LogP contribution in [-0.4, -0.2) is 34.1 Å². The van der Waals surface area contributed by atoms with Gasteiger partial charge >= 0.3 is 5.97 Å². The molecule has 0 amide bonds. The molecule has 0 aliphatic heterocycles. The first-order valence-corrected chi connectivity index (χ1v) is 11.7. The van der Waals surface area contributed by atoms with Crippen molar-refractivity contribution in [2.75, 3.05) is 6.16 Å². The number of rotatable bonds is 8.